The molecule has 0 spiro atoms. The third kappa shape index (κ3) is 3.16. The van der Waals surface area contributed by atoms with Gasteiger partial charge in [-0.25, -0.2) is 0 Å². The number of aliphatic hydroxyl groups is 1. The van der Waals surface area contributed by atoms with Crippen LogP contribution in [0.15, 0.2) is 0 Å². The summed E-state index contributed by atoms with van der Waals surface area (Å²) >= 11 is 0. The summed E-state index contributed by atoms with van der Waals surface area (Å²) in [6.07, 6.45) is 7.24. The van der Waals surface area contributed by atoms with Crippen LogP contribution in [0.5, 0.6) is 0 Å². The van der Waals surface area contributed by atoms with Crippen molar-refractivity contribution in [1.82, 2.24) is 0 Å². The molecule has 25 heavy (non-hydrogen) atoms. The monoisotopic (exact) mass is 354 g/mol. The Morgan fingerprint density at radius 1 is 0.760 bits per heavy atom. The van der Waals surface area contributed by atoms with Crippen molar-refractivity contribution in [1.29, 1.82) is 0 Å². The van der Waals surface area contributed by atoms with Gasteiger partial charge in [-0.2, -0.15) is 0 Å². The highest BCUT2D eigenvalue weighted by atomic mass is 16.5. The van der Waals surface area contributed by atoms with Gasteiger partial charge in [0.2, 0.25) is 0 Å². The molecule has 2 saturated carbocycles. The minimum absolute atomic E-state index is 0.0364. The average molecular weight is 355 g/mol. The normalized spacial score (nSPS) is 52.8. The lowest BCUT2D eigenvalue weighted by Gasteiger charge is -2.55. The van der Waals surface area contributed by atoms with Crippen LogP contribution in [0.2, 0.25) is 0 Å². The molecule has 4 fully saturated rings. The highest BCUT2D eigenvalue weighted by molar-refractivity contribution is 4.98. The van der Waals surface area contributed by atoms with Crippen LogP contribution in [-0.2, 0) is 14.2 Å². The Morgan fingerprint density at radius 2 is 1.44 bits per heavy atom. The Labute approximate surface area is 152 Å². The first kappa shape index (κ1) is 18.2. The van der Waals surface area contributed by atoms with E-state index >= 15 is 0 Å². The average Bonchev–Trinajstić information content (AvgIpc) is 2.65. The highest BCUT2D eigenvalue weighted by Gasteiger charge is 2.54. The molecular formula is C20H36NO4+. The van der Waals surface area contributed by atoms with E-state index in [1.807, 2.05) is 14.2 Å². The van der Waals surface area contributed by atoms with Gasteiger partial charge in [-0.15, -0.1) is 0 Å². The maximum Gasteiger partial charge on any atom is 0.0934 e. The molecule has 144 valence electrons. The quantitative estimate of drug-likeness (QED) is 0.775. The highest BCUT2D eigenvalue weighted by Crippen LogP contribution is 2.43. The second-order valence-corrected chi connectivity index (χ2v) is 8.96. The Kier molecular flexibility index (Phi) is 5.40. The largest absolute Gasteiger partial charge is 0.390 e. The maximum absolute atomic E-state index is 11.0. The summed E-state index contributed by atoms with van der Waals surface area (Å²) in [6, 6.07) is 0.601. The fraction of sp³-hybridized carbons (Fsp3) is 1.00. The third-order valence-electron chi connectivity index (χ3n) is 8.11. The van der Waals surface area contributed by atoms with Crippen molar-refractivity contribution in [2.24, 2.45) is 23.7 Å². The number of piperidine rings is 2. The lowest BCUT2D eigenvalue weighted by molar-refractivity contribution is -0.948. The molecule has 5 heteroatoms. The zero-order valence-corrected chi connectivity index (χ0v) is 16.0. The molecule has 10 unspecified atom stereocenters. The Bertz CT molecular complexity index is 461. The summed E-state index contributed by atoms with van der Waals surface area (Å²) in [7, 11) is 5.40. The van der Waals surface area contributed by atoms with Crippen LogP contribution in [0.25, 0.3) is 0 Å². The summed E-state index contributed by atoms with van der Waals surface area (Å²) in [5.41, 5.74) is 0. The van der Waals surface area contributed by atoms with Crippen molar-refractivity contribution in [3.05, 3.63) is 0 Å². The van der Waals surface area contributed by atoms with Gasteiger partial charge in [0, 0.05) is 39.6 Å². The minimum atomic E-state index is -0.283. The van der Waals surface area contributed by atoms with E-state index in [4.69, 9.17) is 14.2 Å². The van der Waals surface area contributed by atoms with E-state index in [0.717, 1.165) is 31.1 Å². The van der Waals surface area contributed by atoms with Crippen molar-refractivity contribution in [3.8, 4) is 0 Å². The molecule has 4 aliphatic rings. The third-order valence-corrected chi connectivity index (χ3v) is 8.11. The lowest BCUT2D eigenvalue weighted by Crippen LogP contribution is -3.20. The predicted octanol–water partition coefficient (Wildman–Crippen LogP) is 0.506. The van der Waals surface area contributed by atoms with Crippen molar-refractivity contribution in [3.63, 3.8) is 0 Å². The summed E-state index contributed by atoms with van der Waals surface area (Å²) in [4.78, 5) is 1.74. The molecule has 0 aromatic heterocycles. The number of aliphatic hydroxyl groups excluding tert-OH is 1. The Hall–Kier alpha value is -0.200. The number of methoxy groups -OCH3 is 3. The molecule has 0 radical (unpaired) electrons. The lowest BCUT2D eigenvalue weighted by atomic mass is 9.62. The van der Waals surface area contributed by atoms with Crippen LogP contribution in [0.1, 0.15) is 38.5 Å². The fourth-order valence-corrected chi connectivity index (χ4v) is 6.82. The number of rotatable bonds is 3. The Morgan fingerprint density at radius 3 is 2.12 bits per heavy atom. The second-order valence-electron chi connectivity index (χ2n) is 8.96. The van der Waals surface area contributed by atoms with Crippen LogP contribution in [0, 0.1) is 23.7 Å². The number of ether oxygens (including phenoxy) is 3. The topological polar surface area (TPSA) is 52.4 Å². The molecule has 5 nitrogen and oxygen atoms in total. The van der Waals surface area contributed by atoms with Crippen molar-refractivity contribution >= 4 is 0 Å². The van der Waals surface area contributed by atoms with E-state index in [-0.39, 0.29) is 24.4 Å². The van der Waals surface area contributed by atoms with E-state index in [1.165, 1.54) is 32.4 Å². The van der Waals surface area contributed by atoms with Crippen LogP contribution in [-0.4, -0.2) is 70.0 Å². The standard InChI is InChI=1S/C20H35NO4/c1-23-16-5-4-12-6-7-21-11-14-10-18(25-3)17(24-2)9-13(14)8-15(21)19(12)20(16)22/h12-20,22H,4-11H2,1-3H3/p+1. The van der Waals surface area contributed by atoms with Crippen LogP contribution in [0.4, 0.5) is 0 Å². The molecule has 0 aromatic carbocycles. The van der Waals surface area contributed by atoms with Gasteiger partial charge in [0.05, 0.1) is 43.5 Å². The summed E-state index contributed by atoms with van der Waals surface area (Å²) in [5.74, 6) is 2.59. The minimum Gasteiger partial charge on any atom is -0.390 e. The van der Waals surface area contributed by atoms with Crippen LogP contribution >= 0.6 is 0 Å². The zero-order valence-electron chi connectivity index (χ0n) is 16.0. The molecule has 0 amide bonds. The molecule has 0 aromatic rings. The van der Waals surface area contributed by atoms with Crippen molar-refractivity contribution in [2.75, 3.05) is 34.4 Å². The number of quaternary nitrogens is 1. The SMILES string of the molecule is COC1CC2CC3C4C(CCC(OC)C4O)CC[NH+]3CC2CC1OC. The summed E-state index contributed by atoms with van der Waals surface area (Å²) < 4.78 is 17.1. The van der Waals surface area contributed by atoms with Crippen molar-refractivity contribution in [2.45, 2.75) is 69.0 Å². The molecule has 2 heterocycles. The van der Waals surface area contributed by atoms with E-state index in [9.17, 15) is 5.11 Å². The summed E-state index contributed by atoms with van der Waals surface area (Å²) in [6.45, 7) is 2.53. The van der Waals surface area contributed by atoms with Crippen LogP contribution in [0.3, 0.4) is 0 Å². The van der Waals surface area contributed by atoms with Gasteiger partial charge in [0.15, 0.2) is 0 Å². The molecule has 2 saturated heterocycles. The Balaban J connectivity index is 1.51. The van der Waals surface area contributed by atoms with E-state index < -0.39 is 0 Å². The van der Waals surface area contributed by atoms with E-state index in [1.54, 1.807) is 12.0 Å². The van der Waals surface area contributed by atoms with E-state index in [0.29, 0.717) is 17.9 Å². The predicted molar refractivity (Wildman–Crippen MR) is 94.5 cm³/mol. The molecule has 4 rings (SSSR count). The smallest absolute Gasteiger partial charge is 0.0934 e. The second kappa shape index (κ2) is 7.43. The fourth-order valence-electron chi connectivity index (χ4n) is 6.82. The molecular weight excluding hydrogens is 318 g/mol. The molecule has 2 N–H and O–H groups in total. The first-order chi connectivity index (χ1) is 12.2. The van der Waals surface area contributed by atoms with Gasteiger partial charge >= 0.3 is 0 Å². The van der Waals surface area contributed by atoms with Crippen LogP contribution < -0.4 is 4.90 Å². The first-order valence-corrected chi connectivity index (χ1v) is 10.3. The number of nitrogens with one attached hydrogen (secondary N) is 1. The van der Waals surface area contributed by atoms with Crippen molar-refractivity contribution < 1.29 is 24.2 Å². The van der Waals surface area contributed by atoms with Gasteiger partial charge < -0.3 is 24.2 Å². The van der Waals surface area contributed by atoms with Gasteiger partial charge in [0.25, 0.3) is 0 Å². The molecule has 2 aliphatic heterocycles. The number of hydrogen-bond acceptors (Lipinski definition) is 4. The van der Waals surface area contributed by atoms with Gasteiger partial charge in [0.1, 0.15) is 0 Å². The first-order valence-electron chi connectivity index (χ1n) is 10.3. The maximum atomic E-state index is 11.0. The summed E-state index contributed by atoms with van der Waals surface area (Å²) in [5, 5.41) is 11.0. The molecule has 10 atom stereocenters. The van der Waals surface area contributed by atoms with Gasteiger partial charge in [-0.05, 0) is 43.9 Å². The number of fused-ring (bicyclic) bond motifs is 4. The zero-order chi connectivity index (χ0) is 17.6. The molecule has 2 aliphatic carbocycles. The van der Waals surface area contributed by atoms with Gasteiger partial charge in [-0.3, -0.25) is 0 Å². The molecule has 0 bridgehead atoms. The van der Waals surface area contributed by atoms with E-state index in [2.05, 4.69) is 0 Å². The van der Waals surface area contributed by atoms with Gasteiger partial charge in [-0.1, -0.05) is 0 Å². The number of hydrogen-bond donors (Lipinski definition) is 2.